The van der Waals surface area contributed by atoms with Crippen molar-refractivity contribution in [2.45, 2.75) is 38.1 Å². The minimum Gasteiger partial charge on any atom is -0.394 e. The van der Waals surface area contributed by atoms with E-state index in [0.29, 0.717) is 19.4 Å². The molecule has 0 aromatic heterocycles. The standard InChI is InChI=1S/C11H16N2O2/c12-8-11(4-2-5-11)10(15)13-6-1-3-9(13)7-14/h9,14H,1-7H2/t9-/m1/s1. The van der Waals surface area contributed by atoms with Crippen molar-refractivity contribution in [1.82, 2.24) is 4.90 Å². The number of likely N-dealkylation sites (tertiary alicyclic amines) is 1. The van der Waals surface area contributed by atoms with Crippen LogP contribution in [0.15, 0.2) is 0 Å². The zero-order chi connectivity index (χ0) is 10.9. The number of hydrogen-bond donors (Lipinski definition) is 1. The Balaban J connectivity index is 2.10. The van der Waals surface area contributed by atoms with E-state index in [0.717, 1.165) is 19.3 Å². The van der Waals surface area contributed by atoms with E-state index in [4.69, 9.17) is 10.4 Å². The maximum absolute atomic E-state index is 12.1. The van der Waals surface area contributed by atoms with Gasteiger partial charge in [-0.2, -0.15) is 5.26 Å². The Bertz CT molecular complexity index is 304. The summed E-state index contributed by atoms with van der Waals surface area (Å²) in [5, 5.41) is 18.2. The largest absolute Gasteiger partial charge is 0.394 e. The van der Waals surface area contributed by atoms with Crippen LogP contribution >= 0.6 is 0 Å². The van der Waals surface area contributed by atoms with Crippen LogP contribution in [0.3, 0.4) is 0 Å². The maximum atomic E-state index is 12.1. The summed E-state index contributed by atoms with van der Waals surface area (Å²) in [7, 11) is 0. The van der Waals surface area contributed by atoms with Gasteiger partial charge in [-0.25, -0.2) is 0 Å². The molecule has 1 saturated heterocycles. The number of rotatable bonds is 2. The number of nitriles is 1. The number of aliphatic hydroxyl groups is 1. The van der Waals surface area contributed by atoms with Gasteiger partial charge in [0.25, 0.3) is 0 Å². The number of amides is 1. The summed E-state index contributed by atoms with van der Waals surface area (Å²) in [6.07, 6.45) is 4.16. The summed E-state index contributed by atoms with van der Waals surface area (Å²) in [5.41, 5.74) is -0.752. The van der Waals surface area contributed by atoms with Gasteiger partial charge in [0.1, 0.15) is 5.41 Å². The molecule has 0 radical (unpaired) electrons. The van der Waals surface area contributed by atoms with Gasteiger partial charge >= 0.3 is 0 Å². The van der Waals surface area contributed by atoms with E-state index < -0.39 is 5.41 Å². The lowest BCUT2D eigenvalue weighted by Crippen LogP contribution is -2.49. The highest BCUT2D eigenvalue weighted by molar-refractivity contribution is 5.86. The maximum Gasteiger partial charge on any atom is 0.243 e. The van der Waals surface area contributed by atoms with Crippen molar-refractivity contribution in [2.75, 3.05) is 13.2 Å². The Morgan fingerprint density at radius 1 is 1.53 bits per heavy atom. The number of hydrogen-bond acceptors (Lipinski definition) is 3. The summed E-state index contributed by atoms with van der Waals surface area (Å²) in [6.45, 7) is 0.723. The van der Waals surface area contributed by atoms with Crippen molar-refractivity contribution in [3.63, 3.8) is 0 Å². The van der Waals surface area contributed by atoms with Gasteiger partial charge in [-0.05, 0) is 32.1 Å². The molecule has 0 aromatic carbocycles. The minimum absolute atomic E-state index is 0.0211. The van der Waals surface area contributed by atoms with Crippen molar-refractivity contribution in [1.29, 1.82) is 5.26 Å². The van der Waals surface area contributed by atoms with E-state index in [-0.39, 0.29) is 18.6 Å². The molecule has 82 valence electrons. The second-order valence-electron chi connectivity index (χ2n) is 4.52. The SMILES string of the molecule is N#CC1(C(=O)N2CCC[C@@H]2CO)CCC1. The normalized spacial score (nSPS) is 28.3. The lowest BCUT2D eigenvalue weighted by molar-refractivity contribution is -0.144. The fourth-order valence-electron chi connectivity index (χ4n) is 2.47. The third-order valence-corrected chi connectivity index (χ3v) is 3.68. The predicted molar refractivity (Wildman–Crippen MR) is 53.7 cm³/mol. The molecule has 1 aliphatic heterocycles. The predicted octanol–water partition coefficient (Wildman–Crippen LogP) is 0.664. The van der Waals surface area contributed by atoms with Crippen molar-refractivity contribution in [3.05, 3.63) is 0 Å². The summed E-state index contributed by atoms with van der Waals surface area (Å²) < 4.78 is 0. The zero-order valence-corrected chi connectivity index (χ0v) is 8.78. The van der Waals surface area contributed by atoms with Gasteiger partial charge in [0, 0.05) is 6.54 Å². The highest BCUT2D eigenvalue weighted by atomic mass is 16.3. The highest BCUT2D eigenvalue weighted by Crippen LogP contribution is 2.43. The number of nitrogens with zero attached hydrogens (tertiary/aromatic N) is 2. The molecule has 1 atom stereocenters. The monoisotopic (exact) mass is 208 g/mol. The lowest BCUT2D eigenvalue weighted by atomic mass is 9.69. The number of carbonyl (C=O) groups excluding carboxylic acids is 1. The van der Waals surface area contributed by atoms with Crippen LogP contribution in [0.2, 0.25) is 0 Å². The van der Waals surface area contributed by atoms with E-state index in [1.165, 1.54) is 0 Å². The molecule has 2 fully saturated rings. The number of aliphatic hydroxyl groups excluding tert-OH is 1. The molecular weight excluding hydrogens is 192 g/mol. The van der Waals surface area contributed by atoms with Crippen molar-refractivity contribution < 1.29 is 9.90 Å². The molecule has 0 spiro atoms. The first-order chi connectivity index (χ1) is 7.23. The van der Waals surface area contributed by atoms with Crippen LogP contribution < -0.4 is 0 Å². The molecular formula is C11H16N2O2. The van der Waals surface area contributed by atoms with Gasteiger partial charge in [0.05, 0.1) is 18.7 Å². The van der Waals surface area contributed by atoms with E-state index in [1.807, 2.05) is 0 Å². The Hall–Kier alpha value is -1.08. The molecule has 4 heteroatoms. The average Bonchev–Trinajstić information content (AvgIpc) is 2.64. The third kappa shape index (κ3) is 1.51. The van der Waals surface area contributed by atoms with E-state index in [9.17, 15) is 4.79 Å². The van der Waals surface area contributed by atoms with Crippen LogP contribution in [0.4, 0.5) is 0 Å². The second-order valence-corrected chi connectivity index (χ2v) is 4.52. The third-order valence-electron chi connectivity index (χ3n) is 3.68. The van der Waals surface area contributed by atoms with Crippen LogP contribution in [0.25, 0.3) is 0 Å². The Morgan fingerprint density at radius 3 is 2.73 bits per heavy atom. The Labute approximate surface area is 89.5 Å². The Kier molecular flexibility index (Phi) is 2.66. The summed E-state index contributed by atoms with van der Waals surface area (Å²) in [4.78, 5) is 13.9. The molecule has 0 bridgehead atoms. The molecule has 4 nitrogen and oxygen atoms in total. The fourth-order valence-corrected chi connectivity index (χ4v) is 2.47. The summed E-state index contributed by atoms with van der Waals surface area (Å²) >= 11 is 0. The van der Waals surface area contributed by atoms with Gasteiger partial charge < -0.3 is 10.0 Å². The molecule has 1 saturated carbocycles. The molecule has 15 heavy (non-hydrogen) atoms. The van der Waals surface area contributed by atoms with Crippen LogP contribution in [-0.2, 0) is 4.79 Å². The number of carbonyl (C=O) groups is 1. The summed E-state index contributed by atoms with van der Waals surface area (Å²) in [6, 6.07) is 2.11. The first-order valence-electron chi connectivity index (χ1n) is 5.57. The smallest absolute Gasteiger partial charge is 0.243 e. The fraction of sp³-hybridized carbons (Fsp3) is 0.818. The quantitative estimate of drug-likeness (QED) is 0.725. The molecule has 1 heterocycles. The van der Waals surface area contributed by atoms with Crippen molar-refractivity contribution >= 4 is 5.91 Å². The molecule has 2 rings (SSSR count). The molecule has 1 N–H and O–H groups in total. The highest BCUT2D eigenvalue weighted by Gasteiger charge is 2.48. The lowest BCUT2D eigenvalue weighted by Gasteiger charge is -2.38. The minimum atomic E-state index is -0.752. The van der Waals surface area contributed by atoms with Gasteiger partial charge in [0.15, 0.2) is 0 Å². The van der Waals surface area contributed by atoms with E-state index >= 15 is 0 Å². The molecule has 1 amide bonds. The van der Waals surface area contributed by atoms with Crippen LogP contribution in [0.1, 0.15) is 32.1 Å². The first kappa shape index (κ1) is 10.4. The summed E-state index contributed by atoms with van der Waals surface area (Å²) in [5.74, 6) is -0.0483. The topological polar surface area (TPSA) is 64.3 Å². The van der Waals surface area contributed by atoms with Gasteiger partial charge in [-0.1, -0.05) is 0 Å². The molecule has 0 unspecified atom stereocenters. The molecule has 1 aliphatic carbocycles. The first-order valence-corrected chi connectivity index (χ1v) is 5.57. The van der Waals surface area contributed by atoms with Gasteiger partial charge in [-0.15, -0.1) is 0 Å². The van der Waals surface area contributed by atoms with Crippen LogP contribution in [0, 0.1) is 16.7 Å². The van der Waals surface area contributed by atoms with Crippen molar-refractivity contribution in [2.24, 2.45) is 5.41 Å². The second kappa shape index (κ2) is 3.82. The van der Waals surface area contributed by atoms with Crippen LogP contribution in [0.5, 0.6) is 0 Å². The van der Waals surface area contributed by atoms with Gasteiger partial charge in [-0.3, -0.25) is 4.79 Å². The van der Waals surface area contributed by atoms with E-state index in [2.05, 4.69) is 6.07 Å². The van der Waals surface area contributed by atoms with Crippen molar-refractivity contribution in [3.8, 4) is 6.07 Å². The molecule has 2 aliphatic rings. The zero-order valence-electron chi connectivity index (χ0n) is 8.78. The van der Waals surface area contributed by atoms with Gasteiger partial charge in [0.2, 0.25) is 5.91 Å². The van der Waals surface area contributed by atoms with Crippen LogP contribution in [-0.4, -0.2) is 35.1 Å². The average molecular weight is 208 g/mol. The Morgan fingerprint density at radius 2 is 2.27 bits per heavy atom. The molecule has 0 aromatic rings. The van der Waals surface area contributed by atoms with E-state index in [1.54, 1.807) is 4.90 Å².